The van der Waals surface area contributed by atoms with E-state index < -0.39 is 5.41 Å². The molecule has 0 aromatic heterocycles. The van der Waals surface area contributed by atoms with Crippen molar-refractivity contribution in [2.45, 2.75) is 38.5 Å². The largest absolute Gasteiger partial charge is 0.491 e. The van der Waals surface area contributed by atoms with Crippen molar-refractivity contribution in [3.63, 3.8) is 0 Å². The van der Waals surface area contributed by atoms with Crippen LogP contribution in [-0.4, -0.2) is 43.0 Å². The number of likely N-dealkylation sites (tertiary alicyclic amines) is 1. The van der Waals surface area contributed by atoms with Gasteiger partial charge in [0.15, 0.2) is 0 Å². The Kier molecular flexibility index (Phi) is 6.54. The second kappa shape index (κ2) is 9.50. The molecule has 0 radical (unpaired) electrons. The number of carbonyl (C=O) groups is 2. The van der Waals surface area contributed by atoms with Crippen LogP contribution in [0.4, 0.5) is 4.39 Å². The first kappa shape index (κ1) is 21.3. The molecule has 1 atom stereocenters. The third-order valence-corrected chi connectivity index (χ3v) is 6.41. The van der Waals surface area contributed by atoms with E-state index in [0.29, 0.717) is 31.8 Å². The second-order valence-corrected chi connectivity index (χ2v) is 8.54. The summed E-state index contributed by atoms with van der Waals surface area (Å²) >= 11 is 0. The molecule has 1 spiro atoms. The number of benzene rings is 2. The average molecular weight is 425 g/mol. The van der Waals surface area contributed by atoms with Crippen molar-refractivity contribution in [1.82, 2.24) is 10.2 Å². The number of nitrogens with one attached hydrogen (secondary N) is 1. The van der Waals surface area contributed by atoms with Crippen LogP contribution in [-0.2, 0) is 11.2 Å². The van der Waals surface area contributed by atoms with Crippen LogP contribution < -0.4 is 10.1 Å². The van der Waals surface area contributed by atoms with E-state index in [1.165, 1.54) is 29.8 Å². The molecule has 2 aliphatic rings. The fourth-order valence-corrected chi connectivity index (χ4v) is 4.73. The van der Waals surface area contributed by atoms with Crippen molar-refractivity contribution in [2.75, 3.05) is 26.2 Å². The Hall–Kier alpha value is -2.89. The molecule has 1 unspecified atom stereocenters. The summed E-state index contributed by atoms with van der Waals surface area (Å²) in [7, 11) is 0. The standard InChI is InChI=1S/C25H29FN2O3/c26-21-11-9-20(10-12-21)23(29)28-16-5-14-25(18-28)13-4-3-7-19-6-1-2-8-22(19)31-17-15-27-24(25)30/h1-2,6,8-12H,3-5,7,13-18H2,(H,27,30). The van der Waals surface area contributed by atoms with E-state index in [1.54, 1.807) is 4.90 Å². The van der Waals surface area contributed by atoms with Gasteiger partial charge in [0, 0.05) is 18.7 Å². The molecule has 1 N–H and O–H groups in total. The lowest BCUT2D eigenvalue weighted by Crippen LogP contribution is -2.54. The molecule has 2 heterocycles. The summed E-state index contributed by atoms with van der Waals surface area (Å²) in [5, 5.41) is 3.05. The number of carbonyl (C=O) groups excluding carboxylic acids is 2. The Morgan fingerprint density at radius 2 is 1.81 bits per heavy atom. The van der Waals surface area contributed by atoms with Crippen molar-refractivity contribution < 1.29 is 18.7 Å². The van der Waals surface area contributed by atoms with Crippen molar-refractivity contribution in [1.29, 1.82) is 0 Å². The Balaban J connectivity index is 1.49. The number of para-hydroxylation sites is 1. The molecular formula is C25H29FN2O3. The fraction of sp³-hybridized carbons (Fsp3) is 0.440. The molecule has 2 aromatic carbocycles. The van der Waals surface area contributed by atoms with Crippen molar-refractivity contribution >= 4 is 11.8 Å². The molecule has 1 fully saturated rings. The highest BCUT2D eigenvalue weighted by Crippen LogP contribution is 2.37. The van der Waals surface area contributed by atoms with Gasteiger partial charge in [0.25, 0.3) is 5.91 Å². The molecule has 2 amide bonds. The van der Waals surface area contributed by atoms with E-state index in [1.807, 2.05) is 18.2 Å². The number of hydrogen-bond donors (Lipinski definition) is 1. The first-order valence-corrected chi connectivity index (χ1v) is 11.1. The lowest BCUT2D eigenvalue weighted by molar-refractivity contribution is -0.134. The van der Waals surface area contributed by atoms with Crippen LogP contribution in [0.3, 0.4) is 0 Å². The smallest absolute Gasteiger partial charge is 0.253 e. The topological polar surface area (TPSA) is 58.6 Å². The number of ether oxygens (including phenoxy) is 1. The SMILES string of the molecule is O=C(c1ccc(F)cc1)N1CCCC2(CCCCc3ccccc3OCCNC2=O)C1. The fourth-order valence-electron chi connectivity index (χ4n) is 4.73. The molecule has 0 saturated carbocycles. The van der Waals surface area contributed by atoms with E-state index in [0.717, 1.165) is 44.3 Å². The summed E-state index contributed by atoms with van der Waals surface area (Å²) in [5.74, 6) is 0.381. The van der Waals surface area contributed by atoms with E-state index in [9.17, 15) is 14.0 Å². The summed E-state index contributed by atoms with van der Waals surface area (Å²) in [4.78, 5) is 28.0. The van der Waals surface area contributed by atoms with Crippen LogP contribution in [0.1, 0.15) is 48.0 Å². The summed E-state index contributed by atoms with van der Waals surface area (Å²) in [6.45, 7) is 1.85. The maximum Gasteiger partial charge on any atom is 0.253 e. The van der Waals surface area contributed by atoms with Crippen molar-refractivity contribution in [3.05, 3.63) is 65.5 Å². The van der Waals surface area contributed by atoms with Crippen LogP contribution in [0.2, 0.25) is 0 Å². The first-order chi connectivity index (χ1) is 15.1. The molecule has 0 aliphatic carbocycles. The maximum absolute atomic E-state index is 13.3. The van der Waals surface area contributed by atoms with E-state index in [4.69, 9.17) is 4.74 Å². The van der Waals surface area contributed by atoms with Crippen LogP contribution >= 0.6 is 0 Å². The van der Waals surface area contributed by atoms with Crippen LogP contribution in [0.5, 0.6) is 5.75 Å². The highest BCUT2D eigenvalue weighted by Gasteiger charge is 2.43. The minimum absolute atomic E-state index is 0.00145. The lowest BCUT2D eigenvalue weighted by Gasteiger charge is -2.42. The average Bonchev–Trinajstić information content (AvgIpc) is 2.79. The van der Waals surface area contributed by atoms with Gasteiger partial charge in [-0.05, 0) is 68.0 Å². The van der Waals surface area contributed by atoms with Gasteiger partial charge in [0.1, 0.15) is 18.2 Å². The molecule has 2 aromatic rings. The van der Waals surface area contributed by atoms with Gasteiger partial charge < -0.3 is 15.0 Å². The molecule has 31 heavy (non-hydrogen) atoms. The van der Waals surface area contributed by atoms with Crippen LogP contribution in [0.25, 0.3) is 0 Å². The molecule has 6 heteroatoms. The summed E-state index contributed by atoms with van der Waals surface area (Å²) in [6, 6.07) is 13.7. The number of hydrogen-bond acceptors (Lipinski definition) is 3. The number of rotatable bonds is 1. The number of piperidine rings is 1. The van der Waals surface area contributed by atoms with Gasteiger partial charge in [0.05, 0.1) is 12.0 Å². The molecule has 0 bridgehead atoms. The van der Waals surface area contributed by atoms with E-state index >= 15 is 0 Å². The van der Waals surface area contributed by atoms with Gasteiger partial charge in [-0.15, -0.1) is 0 Å². The number of halogens is 1. The third-order valence-electron chi connectivity index (χ3n) is 6.41. The first-order valence-electron chi connectivity index (χ1n) is 11.1. The Labute approximate surface area is 182 Å². The minimum Gasteiger partial charge on any atom is -0.491 e. The Bertz CT molecular complexity index is 931. The predicted molar refractivity (Wildman–Crippen MR) is 116 cm³/mol. The predicted octanol–water partition coefficient (Wildman–Crippen LogP) is 3.97. The lowest BCUT2D eigenvalue weighted by atomic mass is 9.74. The van der Waals surface area contributed by atoms with Gasteiger partial charge in [-0.3, -0.25) is 9.59 Å². The van der Waals surface area contributed by atoms with E-state index in [-0.39, 0.29) is 17.6 Å². The zero-order valence-electron chi connectivity index (χ0n) is 17.7. The molecule has 164 valence electrons. The van der Waals surface area contributed by atoms with Gasteiger partial charge in [-0.1, -0.05) is 24.6 Å². The van der Waals surface area contributed by atoms with Crippen molar-refractivity contribution in [2.24, 2.45) is 5.41 Å². The van der Waals surface area contributed by atoms with E-state index in [2.05, 4.69) is 11.4 Å². The highest BCUT2D eigenvalue weighted by atomic mass is 19.1. The van der Waals surface area contributed by atoms with Crippen LogP contribution in [0.15, 0.2) is 48.5 Å². The summed E-state index contributed by atoms with van der Waals surface area (Å²) in [5.41, 5.74) is 1.06. The number of amides is 2. The van der Waals surface area contributed by atoms with Gasteiger partial charge in [-0.2, -0.15) is 0 Å². The maximum atomic E-state index is 13.3. The minimum atomic E-state index is -0.591. The number of nitrogens with zero attached hydrogens (tertiary/aromatic N) is 1. The molecular weight excluding hydrogens is 395 g/mol. The normalized spacial score (nSPS) is 22.5. The van der Waals surface area contributed by atoms with Crippen molar-refractivity contribution in [3.8, 4) is 5.75 Å². The molecule has 1 saturated heterocycles. The zero-order chi connectivity index (χ0) is 21.7. The highest BCUT2D eigenvalue weighted by molar-refractivity contribution is 5.95. The second-order valence-electron chi connectivity index (χ2n) is 8.54. The summed E-state index contributed by atoms with van der Waals surface area (Å²) in [6.07, 6.45) is 5.06. The third kappa shape index (κ3) is 4.89. The molecule has 2 aliphatic heterocycles. The Morgan fingerprint density at radius 3 is 2.65 bits per heavy atom. The number of aryl methyl sites for hydroxylation is 1. The quantitative estimate of drug-likeness (QED) is 0.754. The van der Waals surface area contributed by atoms with Crippen LogP contribution in [0, 0.1) is 11.2 Å². The number of fused-ring (bicyclic) bond motifs is 1. The van der Waals surface area contributed by atoms with Gasteiger partial charge in [0.2, 0.25) is 5.91 Å². The molecule has 5 nitrogen and oxygen atoms in total. The van der Waals surface area contributed by atoms with Gasteiger partial charge in [-0.25, -0.2) is 4.39 Å². The summed E-state index contributed by atoms with van der Waals surface area (Å²) < 4.78 is 19.2. The Morgan fingerprint density at radius 1 is 1.03 bits per heavy atom. The zero-order valence-corrected chi connectivity index (χ0v) is 17.7. The van der Waals surface area contributed by atoms with Gasteiger partial charge >= 0.3 is 0 Å². The molecule has 4 rings (SSSR count). The monoisotopic (exact) mass is 424 g/mol.